The highest BCUT2D eigenvalue weighted by atomic mass is 16.1. The molecule has 0 radical (unpaired) electrons. The van der Waals surface area contributed by atoms with Crippen molar-refractivity contribution < 1.29 is 4.79 Å². The van der Waals surface area contributed by atoms with E-state index in [1.807, 2.05) is 18.2 Å². The maximum atomic E-state index is 10.6. The van der Waals surface area contributed by atoms with Crippen LogP contribution in [0.2, 0.25) is 0 Å². The van der Waals surface area contributed by atoms with Crippen LogP contribution in [0, 0.1) is 0 Å². The quantitative estimate of drug-likeness (QED) is 0.659. The average molecular weight is 173 g/mol. The van der Waals surface area contributed by atoms with Gasteiger partial charge in [-0.25, -0.2) is 0 Å². The number of aldehydes is 1. The molecule has 0 spiro atoms. The summed E-state index contributed by atoms with van der Waals surface area (Å²) in [4.78, 5) is 10.6. The van der Waals surface area contributed by atoms with Crippen LogP contribution in [0.25, 0.3) is 0 Å². The molecule has 2 heteroatoms. The summed E-state index contributed by atoms with van der Waals surface area (Å²) in [5.74, 6) is 0.676. The highest BCUT2D eigenvalue weighted by Gasteiger charge is 2.38. The van der Waals surface area contributed by atoms with E-state index in [-0.39, 0.29) is 0 Å². The van der Waals surface area contributed by atoms with Gasteiger partial charge >= 0.3 is 0 Å². The van der Waals surface area contributed by atoms with Gasteiger partial charge in [0.25, 0.3) is 0 Å². The van der Waals surface area contributed by atoms with Crippen LogP contribution in [0.3, 0.4) is 0 Å². The van der Waals surface area contributed by atoms with Gasteiger partial charge in [0, 0.05) is 23.2 Å². The van der Waals surface area contributed by atoms with Crippen LogP contribution in [0.5, 0.6) is 0 Å². The van der Waals surface area contributed by atoms with Gasteiger partial charge in [0.15, 0.2) is 0 Å². The molecule has 0 saturated heterocycles. The van der Waals surface area contributed by atoms with E-state index < -0.39 is 0 Å². The van der Waals surface area contributed by atoms with E-state index in [4.69, 9.17) is 0 Å². The second-order valence-corrected chi connectivity index (χ2v) is 3.90. The molecular formula is C11H11NO. The lowest BCUT2D eigenvalue weighted by Crippen LogP contribution is -2.29. The lowest BCUT2D eigenvalue weighted by Gasteiger charge is -2.30. The van der Waals surface area contributed by atoms with Gasteiger partial charge in [-0.1, -0.05) is 0 Å². The number of benzene rings is 1. The van der Waals surface area contributed by atoms with Crippen molar-refractivity contribution >= 4 is 12.0 Å². The maximum absolute atomic E-state index is 10.6. The Labute approximate surface area is 77.0 Å². The number of hydrogen-bond donors (Lipinski definition) is 1. The van der Waals surface area contributed by atoms with Crippen LogP contribution in [0.1, 0.15) is 34.7 Å². The fraction of sp³-hybridized carbons (Fsp3) is 0.364. The van der Waals surface area contributed by atoms with E-state index in [0.29, 0.717) is 12.0 Å². The monoisotopic (exact) mass is 173 g/mol. The molecule has 1 aromatic carbocycles. The molecule has 1 N–H and O–H groups in total. The topological polar surface area (TPSA) is 29.1 Å². The fourth-order valence-electron chi connectivity index (χ4n) is 2.34. The van der Waals surface area contributed by atoms with Crippen molar-refractivity contribution in [3.8, 4) is 0 Å². The zero-order chi connectivity index (χ0) is 8.84. The Bertz CT molecular complexity index is 372. The first kappa shape index (κ1) is 7.13. The standard InChI is InChI=1S/C11H11NO/c13-6-7-1-3-11-9(5-7)8-2-4-10(8)12-11/h1,3,5-6,8,10,12H,2,4H2. The highest BCUT2D eigenvalue weighted by molar-refractivity contribution is 5.78. The zero-order valence-corrected chi connectivity index (χ0v) is 7.29. The normalized spacial score (nSPS) is 28.3. The summed E-state index contributed by atoms with van der Waals surface area (Å²) in [6, 6.07) is 6.58. The molecule has 1 saturated carbocycles. The molecule has 1 aliphatic carbocycles. The molecule has 0 amide bonds. The molecule has 1 fully saturated rings. The van der Waals surface area contributed by atoms with Gasteiger partial charge < -0.3 is 5.32 Å². The summed E-state index contributed by atoms with van der Waals surface area (Å²) in [5.41, 5.74) is 3.38. The molecule has 2 aliphatic rings. The van der Waals surface area contributed by atoms with E-state index in [2.05, 4.69) is 5.32 Å². The summed E-state index contributed by atoms with van der Waals surface area (Å²) in [5, 5.41) is 3.47. The smallest absolute Gasteiger partial charge is 0.150 e. The van der Waals surface area contributed by atoms with Gasteiger partial charge in [-0.15, -0.1) is 0 Å². The van der Waals surface area contributed by atoms with Gasteiger partial charge in [0.2, 0.25) is 0 Å². The predicted octanol–water partition coefficient (Wildman–Crippen LogP) is 2.17. The van der Waals surface area contributed by atoms with Crippen molar-refractivity contribution in [2.75, 3.05) is 5.32 Å². The molecule has 0 bridgehead atoms. The van der Waals surface area contributed by atoms with Crippen LogP contribution < -0.4 is 5.32 Å². The van der Waals surface area contributed by atoms with Crippen molar-refractivity contribution in [2.45, 2.75) is 24.8 Å². The Kier molecular flexibility index (Phi) is 1.29. The number of carbonyl (C=O) groups is 1. The SMILES string of the molecule is O=Cc1ccc2c(c1)C1CCC1N2. The van der Waals surface area contributed by atoms with Crippen LogP contribution in [0.15, 0.2) is 18.2 Å². The predicted molar refractivity (Wildman–Crippen MR) is 51.2 cm³/mol. The second-order valence-electron chi connectivity index (χ2n) is 3.90. The maximum Gasteiger partial charge on any atom is 0.150 e. The summed E-state index contributed by atoms with van der Waals surface area (Å²) < 4.78 is 0. The second kappa shape index (κ2) is 2.34. The molecule has 1 heterocycles. The average Bonchev–Trinajstić information content (AvgIpc) is 2.37. The first-order valence-corrected chi connectivity index (χ1v) is 4.74. The van der Waals surface area contributed by atoms with Gasteiger partial charge in [-0.05, 0) is 36.6 Å². The fourth-order valence-corrected chi connectivity index (χ4v) is 2.34. The van der Waals surface area contributed by atoms with Gasteiger partial charge in [0.05, 0.1) is 0 Å². The van der Waals surface area contributed by atoms with E-state index in [0.717, 1.165) is 11.8 Å². The number of hydrogen-bond acceptors (Lipinski definition) is 2. The third-order valence-electron chi connectivity index (χ3n) is 3.23. The number of nitrogens with one attached hydrogen (secondary N) is 1. The van der Waals surface area contributed by atoms with E-state index >= 15 is 0 Å². The minimum absolute atomic E-state index is 0.650. The molecule has 13 heavy (non-hydrogen) atoms. The van der Waals surface area contributed by atoms with Crippen molar-refractivity contribution in [3.63, 3.8) is 0 Å². The van der Waals surface area contributed by atoms with Crippen molar-refractivity contribution in [1.82, 2.24) is 0 Å². The minimum atomic E-state index is 0.650. The summed E-state index contributed by atoms with van der Waals surface area (Å²) in [6.45, 7) is 0. The molecular weight excluding hydrogens is 162 g/mol. The largest absolute Gasteiger partial charge is 0.381 e. The third kappa shape index (κ3) is 0.857. The zero-order valence-electron chi connectivity index (χ0n) is 7.29. The Morgan fingerprint density at radius 2 is 2.31 bits per heavy atom. The van der Waals surface area contributed by atoms with Crippen LogP contribution >= 0.6 is 0 Å². The molecule has 66 valence electrons. The highest BCUT2D eigenvalue weighted by Crippen LogP contribution is 2.47. The molecule has 2 atom stereocenters. The Morgan fingerprint density at radius 3 is 3.00 bits per heavy atom. The third-order valence-corrected chi connectivity index (χ3v) is 3.23. The Morgan fingerprint density at radius 1 is 1.38 bits per heavy atom. The van der Waals surface area contributed by atoms with E-state index in [9.17, 15) is 4.79 Å². The molecule has 2 unspecified atom stereocenters. The molecule has 1 aromatic rings. The van der Waals surface area contributed by atoms with Crippen molar-refractivity contribution in [2.24, 2.45) is 0 Å². The number of anilines is 1. The van der Waals surface area contributed by atoms with Gasteiger partial charge in [0.1, 0.15) is 6.29 Å². The van der Waals surface area contributed by atoms with Crippen LogP contribution in [-0.2, 0) is 0 Å². The van der Waals surface area contributed by atoms with E-state index in [1.54, 1.807) is 0 Å². The number of fused-ring (bicyclic) bond motifs is 3. The summed E-state index contributed by atoms with van der Waals surface area (Å²) >= 11 is 0. The van der Waals surface area contributed by atoms with Crippen LogP contribution in [-0.4, -0.2) is 12.3 Å². The summed E-state index contributed by atoms with van der Waals surface area (Å²) in [6.07, 6.45) is 3.47. The van der Waals surface area contributed by atoms with Gasteiger partial charge in [-0.3, -0.25) is 4.79 Å². The first-order valence-electron chi connectivity index (χ1n) is 4.74. The first-order chi connectivity index (χ1) is 6.38. The minimum Gasteiger partial charge on any atom is -0.381 e. The summed E-state index contributed by atoms with van der Waals surface area (Å²) in [7, 11) is 0. The van der Waals surface area contributed by atoms with E-state index in [1.165, 1.54) is 24.1 Å². The lowest BCUT2D eigenvalue weighted by molar-refractivity contribution is 0.112. The van der Waals surface area contributed by atoms with Crippen molar-refractivity contribution in [1.29, 1.82) is 0 Å². The molecule has 3 rings (SSSR count). The number of rotatable bonds is 1. The molecule has 1 aliphatic heterocycles. The van der Waals surface area contributed by atoms with Crippen LogP contribution in [0.4, 0.5) is 5.69 Å². The number of carbonyl (C=O) groups excluding carboxylic acids is 1. The molecule has 2 nitrogen and oxygen atoms in total. The Hall–Kier alpha value is -1.31. The molecule has 0 aromatic heterocycles. The Balaban J connectivity index is 2.10. The van der Waals surface area contributed by atoms with Crippen molar-refractivity contribution in [3.05, 3.63) is 29.3 Å². The van der Waals surface area contributed by atoms with Gasteiger partial charge in [-0.2, -0.15) is 0 Å². The lowest BCUT2D eigenvalue weighted by atomic mass is 9.78.